The quantitative estimate of drug-likeness (QED) is 0.618. The summed E-state index contributed by atoms with van der Waals surface area (Å²) in [5.74, 6) is 0.169. The normalized spacial score (nSPS) is 26.1. The Morgan fingerprint density at radius 1 is 1.38 bits per heavy atom. The molecule has 0 bridgehead atoms. The Balaban J connectivity index is 2.13. The Kier molecular flexibility index (Phi) is 2.24. The molecule has 0 atom stereocenters. The SMILES string of the molecule is CC(=O)C1=CC2(CCCCC2)OC1. The van der Waals surface area contributed by atoms with E-state index < -0.39 is 0 Å². The number of rotatable bonds is 1. The van der Waals surface area contributed by atoms with Crippen LogP contribution in [-0.2, 0) is 9.53 Å². The molecule has 72 valence electrons. The molecule has 0 N–H and O–H groups in total. The van der Waals surface area contributed by atoms with Crippen molar-refractivity contribution in [2.75, 3.05) is 6.61 Å². The molecule has 2 aliphatic rings. The van der Waals surface area contributed by atoms with Crippen molar-refractivity contribution >= 4 is 5.78 Å². The van der Waals surface area contributed by atoms with Crippen LogP contribution in [0.3, 0.4) is 0 Å². The van der Waals surface area contributed by atoms with Crippen molar-refractivity contribution in [2.45, 2.75) is 44.6 Å². The highest BCUT2D eigenvalue weighted by Crippen LogP contribution is 2.37. The maximum Gasteiger partial charge on any atom is 0.157 e. The molecule has 2 heteroatoms. The van der Waals surface area contributed by atoms with Gasteiger partial charge in [-0.3, -0.25) is 4.79 Å². The van der Waals surface area contributed by atoms with Gasteiger partial charge in [-0.05, 0) is 25.8 Å². The van der Waals surface area contributed by atoms with Gasteiger partial charge in [0.05, 0.1) is 12.2 Å². The number of Topliss-reactive ketones (excluding diaryl/α,β-unsaturated/α-hetero) is 1. The van der Waals surface area contributed by atoms with Gasteiger partial charge in [0, 0.05) is 5.57 Å². The van der Waals surface area contributed by atoms with Crippen LogP contribution in [0.4, 0.5) is 0 Å². The molecule has 1 fully saturated rings. The zero-order chi connectivity index (χ0) is 9.31. The van der Waals surface area contributed by atoms with Gasteiger partial charge in [-0.15, -0.1) is 0 Å². The summed E-state index contributed by atoms with van der Waals surface area (Å²) in [6.45, 7) is 2.16. The molecule has 1 saturated carbocycles. The molecule has 1 spiro atoms. The number of carbonyl (C=O) groups excluding carboxylic acids is 1. The number of hydrogen-bond donors (Lipinski definition) is 0. The molecule has 1 heterocycles. The molecule has 0 saturated heterocycles. The van der Waals surface area contributed by atoms with Crippen LogP contribution in [0.15, 0.2) is 11.6 Å². The summed E-state index contributed by atoms with van der Waals surface area (Å²) in [4.78, 5) is 11.1. The summed E-state index contributed by atoms with van der Waals surface area (Å²) in [5, 5.41) is 0. The van der Waals surface area contributed by atoms with Crippen molar-refractivity contribution in [3.05, 3.63) is 11.6 Å². The summed E-state index contributed by atoms with van der Waals surface area (Å²) < 4.78 is 5.74. The van der Waals surface area contributed by atoms with Crippen molar-refractivity contribution < 1.29 is 9.53 Å². The second kappa shape index (κ2) is 3.26. The first-order chi connectivity index (χ1) is 6.22. The third kappa shape index (κ3) is 1.68. The van der Waals surface area contributed by atoms with Gasteiger partial charge >= 0.3 is 0 Å². The number of ketones is 1. The molecule has 0 aromatic heterocycles. The van der Waals surface area contributed by atoms with Gasteiger partial charge < -0.3 is 4.74 Å². The number of hydrogen-bond acceptors (Lipinski definition) is 2. The topological polar surface area (TPSA) is 26.3 Å². The Labute approximate surface area is 79.0 Å². The second-order valence-corrected chi connectivity index (χ2v) is 4.14. The summed E-state index contributed by atoms with van der Waals surface area (Å²) in [6, 6.07) is 0. The maximum atomic E-state index is 11.1. The minimum absolute atomic E-state index is 0.0563. The molecule has 0 aromatic carbocycles. The van der Waals surface area contributed by atoms with Gasteiger partial charge in [0.2, 0.25) is 0 Å². The molecule has 0 aromatic rings. The average molecular weight is 180 g/mol. The van der Waals surface area contributed by atoms with Crippen molar-refractivity contribution in [2.24, 2.45) is 0 Å². The van der Waals surface area contributed by atoms with E-state index in [9.17, 15) is 4.79 Å². The van der Waals surface area contributed by atoms with E-state index in [1.165, 1.54) is 19.3 Å². The first-order valence-corrected chi connectivity index (χ1v) is 5.08. The van der Waals surface area contributed by atoms with Crippen LogP contribution in [-0.4, -0.2) is 18.0 Å². The summed E-state index contributed by atoms with van der Waals surface area (Å²) in [7, 11) is 0. The van der Waals surface area contributed by atoms with Crippen LogP contribution in [0.25, 0.3) is 0 Å². The third-order valence-corrected chi connectivity index (χ3v) is 3.10. The molecule has 0 amide bonds. The Morgan fingerprint density at radius 3 is 2.62 bits per heavy atom. The van der Waals surface area contributed by atoms with Gasteiger partial charge in [0.15, 0.2) is 5.78 Å². The maximum absolute atomic E-state index is 11.1. The predicted octanol–water partition coefficient (Wildman–Crippen LogP) is 2.23. The predicted molar refractivity (Wildman–Crippen MR) is 50.5 cm³/mol. The lowest BCUT2D eigenvalue weighted by Crippen LogP contribution is -2.29. The van der Waals surface area contributed by atoms with E-state index in [0.717, 1.165) is 18.4 Å². The Morgan fingerprint density at radius 2 is 2.08 bits per heavy atom. The average Bonchev–Trinajstić information content (AvgIpc) is 2.51. The van der Waals surface area contributed by atoms with Crippen LogP contribution < -0.4 is 0 Å². The van der Waals surface area contributed by atoms with Crippen molar-refractivity contribution in [3.63, 3.8) is 0 Å². The molecule has 2 nitrogen and oxygen atoms in total. The van der Waals surface area contributed by atoms with E-state index in [-0.39, 0.29) is 11.4 Å². The Bertz CT molecular complexity index is 247. The highest BCUT2D eigenvalue weighted by Gasteiger charge is 2.36. The van der Waals surface area contributed by atoms with Gasteiger partial charge in [0.25, 0.3) is 0 Å². The summed E-state index contributed by atoms with van der Waals surface area (Å²) in [5.41, 5.74) is 0.820. The molecular weight excluding hydrogens is 164 g/mol. The van der Waals surface area contributed by atoms with E-state index in [1.54, 1.807) is 6.92 Å². The van der Waals surface area contributed by atoms with Crippen LogP contribution in [0, 0.1) is 0 Å². The highest BCUT2D eigenvalue weighted by molar-refractivity contribution is 5.94. The lowest BCUT2D eigenvalue weighted by Gasteiger charge is -2.30. The van der Waals surface area contributed by atoms with Crippen molar-refractivity contribution in [3.8, 4) is 0 Å². The zero-order valence-electron chi connectivity index (χ0n) is 8.14. The van der Waals surface area contributed by atoms with Crippen molar-refractivity contribution in [1.82, 2.24) is 0 Å². The fourth-order valence-corrected chi connectivity index (χ4v) is 2.26. The fraction of sp³-hybridized carbons (Fsp3) is 0.727. The summed E-state index contributed by atoms with van der Waals surface area (Å²) >= 11 is 0. The molecule has 13 heavy (non-hydrogen) atoms. The first kappa shape index (κ1) is 8.95. The van der Waals surface area contributed by atoms with Crippen LogP contribution in [0.2, 0.25) is 0 Å². The Hall–Kier alpha value is -0.630. The smallest absolute Gasteiger partial charge is 0.157 e. The van der Waals surface area contributed by atoms with Crippen molar-refractivity contribution in [1.29, 1.82) is 0 Å². The molecule has 2 rings (SSSR count). The summed E-state index contributed by atoms with van der Waals surface area (Å²) in [6.07, 6.45) is 8.07. The lowest BCUT2D eigenvalue weighted by atomic mass is 9.84. The zero-order valence-corrected chi connectivity index (χ0v) is 8.14. The highest BCUT2D eigenvalue weighted by atomic mass is 16.5. The fourth-order valence-electron chi connectivity index (χ4n) is 2.26. The van der Waals surface area contributed by atoms with E-state index in [0.29, 0.717) is 6.61 Å². The van der Waals surface area contributed by atoms with E-state index in [1.807, 2.05) is 0 Å². The van der Waals surface area contributed by atoms with Gasteiger partial charge in [-0.1, -0.05) is 19.3 Å². The van der Waals surface area contributed by atoms with E-state index >= 15 is 0 Å². The monoisotopic (exact) mass is 180 g/mol. The standard InChI is InChI=1S/C11H16O2/c1-9(12)10-7-11(13-8-10)5-3-2-4-6-11/h7H,2-6,8H2,1H3. The van der Waals surface area contributed by atoms with Crippen LogP contribution in [0.5, 0.6) is 0 Å². The molecule has 1 aliphatic heterocycles. The molecule has 1 aliphatic carbocycles. The second-order valence-electron chi connectivity index (χ2n) is 4.14. The van der Waals surface area contributed by atoms with E-state index in [4.69, 9.17) is 4.74 Å². The molecular formula is C11H16O2. The minimum atomic E-state index is -0.0563. The largest absolute Gasteiger partial charge is 0.366 e. The minimum Gasteiger partial charge on any atom is -0.366 e. The first-order valence-electron chi connectivity index (χ1n) is 5.08. The number of ether oxygens (including phenoxy) is 1. The van der Waals surface area contributed by atoms with Gasteiger partial charge in [0.1, 0.15) is 0 Å². The van der Waals surface area contributed by atoms with Crippen LogP contribution in [0.1, 0.15) is 39.0 Å². The van der Waals surface area contributed by atoms with Gasteiger partial charge in [-0.2, -0.15) is 0 Å². The van der Waals surface area contributed by atoms with Crippen LogP contribution >= 0.6 is 0 Å². The van der Waals surface area contributed by atoms with Gasteiger partial charge in [-0.25, -0.2) is 0 Å². The van der Waals surface area contributed by atoms with E-state index in [2.05, 4.69) is 6.08 Å². The molecule has 0 radical (unpaired) electrons. The molecule has 0 unspecified atom stereocenters. The third-order valence-electron chi connectivity index (χ3n) is 3.10. The number of carbonyl (C=O) groups is 1. The lowest BCUT2D eigenvalue weighted by molar-refractivity contribution is -0.114.